The molecule has 0 fully saturated rings. The number of carboxylic acid groups (broad SMARTS) is 1. The van der Waals surface area contributed by atoms with Crippen molar-refractivity contribution in [3.05, 3.63) is 48.6 Å². The van der Waals surface area contributed by atoms with Gasteiger partial charge in [-0.2, -0.15) is 0 Å². The van der Waals surface area contributed by atoms with Crippen molar-refractivity contribution in [3.63, 3.8) is 0 Å². The maximum absolute atomic E-state index is 9.25. The summed E-state index contributed by atoms with van der Waals surface area (Å²) in [5.74, 6) is -0.981. The summed E-state index contributed by atoms with van der Waals surface area (Å²) in [6, 6.07) is 10.6. The van der Waals surface area contributed by atoms with Crippen LogP contribution in [0.25, 0.3) is 0 Å². The zero-order chi connectivity index (χ0) is 14.6. The summed E-state index contributed by atoms with van der Waals surface area (Å²) in [5.41, 5.74) is 1.49. The number of rotatable bonds is 2. The number of carboxylic acids is 1. The fraction of sp³-hybridized carbons (Fsp3) is 0.100. The van der Waals surface area contributed by atoms with E-state index in [0.29, 0.717) is 0 Å². The molecule has 0 atom stereocenters. The van der Waals surface area contributed by atoms with Crippen molar-refractivity contribution in [2.75, 3.05) is 0 Å². The van der Waals surface area contributed by atoms with Gasteiger partial charge in [0.2, 0.25) is 0 Å². The van der Waals surface area contributed by atoms with Crippen LogP contribution in [0, 0.1) is 0 Å². The van der Waals surface area contributed by atoms with E-state index in [1.807, 2.05) is 0 Å². The molecular formula is C10H15KO6Si. The molecule has 0 aliphatic rings. The van der Waals surface area contributed by atoms with Crippen LogP contribution in [0.3, 0.4) is 0 Å². The molecule has 0 bridgehead atoms. The van der Waals surface area contributed by atoms with Crippen molar-refractivity contribution in [1.82, 2.24) is 0 Å². The van der Waals surface area contributed by atoms with Gasteiger partial charge in [-0.3, -0.25) is 0 Å². The quantitative estimate of drug-likeness (QED) is 0.353. The van der Waals surface area contributed by atoms with Gasteiger partial charge in [0.25, 0.3) is 0 Å². The molecule has 0 aliphatic carbocycles. The van der Waals surface area contributed by atoms with Crippen molar-refractivity contribution >= 4 is 64.0 Å². The Morgan fingerprint density at radius 2 is 1.56 bits per heavy atom. The molecule has 0 aromatic heterocycles. The van der Waals surface area contributed by atoms with E-state index < -0.39 is 15.0 Å². The van der Waals surface area contributed by atoms with E-state index in [0.717, 1.165) is 55.0 Å². The van der Waals surface area contributed by atoms with Crippen LogP contribution in [0.5, 0.6) is 0 Å². The summed E-state index contributed by atoms with van der Waals surface area (Å²) in [7, 11) is -4.61. The summed E-state index contributed by atoms with van der Waals surface area (Å²) < 4.78 is 1.33. The van der Waals surface area contributed by atoms with Gasteiger partial charge in [-0.15, -0.1) is 0 Å². The van der Waals surface area contributed by atoms with Gasteiger partial charge < -0.3 is 24.3 Å². The van der Waals surface area contributed by atoms with E-state index in [9.17, 15) is 4.79 Å². The second-order valence-electron chi connectivity index (χ2n) is 2.98. The zero-order valence-corrected chi connectivity index (χ0v) is 14.1. The molecule has 0 amide bonds. The van der Waals surface area contributed by atoms with E-state index >= 15 is 0 Å². The van der Waals surface area contributed by atoms with E-state index in [1.165, 1.54) is 6.08 Å². The molecule has 8 heteroatoms. The Balaban J connectivity index is 0. The Morgan fingerprint density at radius 3 is 1.72 bits per heavy atom. The van der Waals surface area contributed by atoms with Crippen LogP contribution in [0.15, 0.2) is 43.0 Å². The molecule has 1 rings (SSSR count). The first-order valence-electron chi connectivity index (χ1n) is 4.99. The predicted molar refractivity (Wildman–Crippen MR) is 68.4 cm³/mol. The molecular weight excluding hydrogens is 283 g/mol. The number of hydrogen-bond donors (Lipinski definition) is 5. The van der Waals surface area contributed by atoms with Crippen LogP contribution < -0.4 is 0 Å². The van der Waals surface area contributed by atoms with Crippen LogP contribution in [-0.2, 0) is 5.31 Å². The Labute approximate surface area is 140 Å². The molecule has 1 aromatic carbocycles. The monoisotopic (exact) mass is 298 g/mol. The van der Waals surface area contributed by atoms with Crippen molar-refractivity contribution in [2.24, 2.45) is 0 Å². The summed E-state index contributed by atoms with van der Waals surface area (Å²) in [4.78, 5) is 38.6. The van der Waals surface area contributed by atoms with Gasteiger partial charge in [-0.25, -0.2) is 4.79 Å². The molecule has 0 aliphatic heterocycles. The van der Waals surface area contributed by atoms with Gasteiger partial charge in [0, 0.05) is 6.08 Å². The molecule has 0 heterocycles. The number of hydrogen-bond acceptors (Lipinski definition) is 5. The molecule has 0 spiro atoms. The fourth-order valence-corrected chi connectivity index (χ4v) is 1.45. The van der Waals surface area contributed by atoms with E-state index in [1.54, 1.807) is 0 Å². The first-order valence-corrected chi connectivity index (χ1v) is 8.99. The molecule has 0 saturated heterocycles. The van der Waals surface area contributed by atoms with E-state index in [-0.39, 0.29) is 0 Å². The molecule has 0 saturated carbocycles. The van der Waals surface area contributed by atoms with E-state index in [4.69, 9.17) is 24.3 Å². The minimum atomic E-state index is -4.61. The van der Waals surface area contributed by atoms with Crippen molar-refractivity contribution in [3.8, 4) is 0 Å². The second-order valence-corrected chi connectivity index (χ2v) is 5.29. The number of aliphatic carboxylic acids is 1. The third kappa shape index (κ3) is 25.1. The van der Waals surface area contributed by atoms with Gasteiger partial charge in [-0.05, 0) is 0 Å². The van der Waals surface area contributed by atoms with Gasteiger partial charge in [0.15, 0.2) is 0 Å². The minimum absolute atomic E-state index is 0.833. The van der Waals surface area contributed by atoms with Crippen LogP contribution in [-0.4, -0.2) is 88.3 Å². The van der Waals surface area contributed by atoms with Crippen LogP contribution in [0.4, 0.5) is 0 Å². The summed E-state index contributed by atoms with van der Waals surface area (Å²) in [5, 5.41) is 7.60. The Kier molecular flexibility index (Phi) is 13.8. The van der Waals surface area contributed by atoms with Crippen LogP contribution in [0.2, 0.25) is 0 Å². The first kappa shape index (κ1) is 20.4. The van der Waals surface area contributed by atoms with Crippen molar-refractivity contribution < 1.29 is 29.1 Å². The topological polar surface area (TPSA) is 118 Å². The number of carbonyl (C=O) groups is 1. The summed E-state index contributed by atoms with van der Waals surface area (Å²) >= 11 is 0.967. The predicted octanol–water partition coefficient (Wildman–Crippen LogP) is -0.997. The van der Waals surface area contributed by atoms with Crippen LogP contribution >= 0.6 is 0 Å². The van der Waals surface area contributed by atoms with Gasteiger partial charge in [0.1, 0.15) is 0 Å². The summed E-state index contributed by atoms with van der Waals surface area (Å²) in [6.45, 7) is 2.96. The average molecular weight is 298 g/mol. The standard InChI is InChI=1S/C7H7.C3H4O2.K.H4O4Si/c1-7-5-3-2-4-6-7;1-2-3(4)5;;1-5(2,3)4/h2-6H,1H2;2H,1H2,(H,4,5);;1-4H. The molecule has 5 N–H and O–H groups in total. The molecule has 1 aromatic rings. The molecule has 18 heavy (non-hydrogen) atoms. The Hall–Kier alpha value is 0.123. The van der Waals surface area contributed by atoms with Crippen LogP contribution in [0.1, 0.15) is 5.56 Å². The van der Waals surface area contributed by atoms with Gasteiger partial charge >= 0.3 is 100 Å². The van der Waals surface area contributed by atoms with Crippen molar-refractivity contribution in [1.29, 1.82) is 0 Å². The molecule has 0 unspecified atom stereocenters. The zero-order valence-electron chi connectivity index (χ0n) is 10.0. The number of benzene rings is 1. The van der Waals surface area contributed by atoms with Crippen molar-refractivity contribution in [2.45, 2.75) is 0.515 Å². The van der Waals surface area contributed by atoms with Gasteiger partial charge in [-0.1, -0.05) is 6.58 Å². The Bertz CT molecular complexity index is 332. The Morgan fingerprint density at radius 1 is 1.22 bits per heavy atom. The molecule has 6 nitrogen and oxygen atoms in total. The third-order valence-corrected chi connectivity index (χ3v) is 2.70. The SMILES string of the molecule is C=CC(=O)O.O[Si](O)(O)O.[K][CH2]c1ccccc1. The normalized spacial score (nSPS) is 9.22. The van der Waals surface area contributed by atoms with E-state index in [2.05, 4.69) is 36.9 Å². The fourth-order valence-electron chi connectivity index (χ4n) is 0.714. The third-order valence-electron chi connectivity index (χ3n) is 1.43. The average Bonchev–Trinajstić information content (AvgIpc) is 2.28. The van der Waals surface area contributed by atoms with Gasteiger partial charge in [0.05, 0.1) is 0 Å². The first-order chi connectivity index (χ1) is 8.20. The maximum atomic E-state index is 9.25. The second kappa shape index (κ2) is 12.2. The summed E-state index contributed by atoms with van der Waals surface area (Å²) in [6.07, 6.45) is 0.833. The molecule has 0 radical (unpaired) electrons. The molecule has 96 valence electrons.